The van der Waals surface area contributed by atoms with Crippen molar-refractivity contribution < 1.29 is 9.53 Å². The second-order valence-electron chi connectivity index (χ2n) is 5.75. The van der Waals surface area contributed by atoms with E-state index in [2.05, 4.69) is 23.5 Å². The minimum Gasteiger partial charge on any atom is -0.380 e. The predicted octanol–water partition coefficient (Wildman–Crippen LogP) is 3.64. The number of nitrogens with one attached hydrogen (secondary N) is 1. The smallest absolute Gasteiger partial charge is 0.251 e. The fraction of sp³-hybridized carbons (Fsp3) is 0.316. The zero-order chi connectivity index (χ0) is 15.4. The Morgan fingerprint density at radius 3 is 2.73 bits per heavy atom. The molecule has 0 saturated carbocycles. The Morgan fingerprint density at radius 2 is 1.95 bits per heavy atom. The molecular formula is C19H21NO2. The number of fused-ring (bicyclic) bond motifs is 1. The molecule has 3 rings (SSSR count). The summed E-state index contributed by atoms with van der Waals surface area (Å²) in [5.74, 6) is -0.00864. The Balaban J connectivity index is 1.72. The van der Waals surface area contributed by atoms with Gasteiger partial charge in [-0.2, -0.15) is 0 Å². The van der Waals surface area contributed by atoms with Crippen LogP contribution >= 0.6 is 0 Å². The van der Waals surface area contributed by atoms with Gasteiger partial charge in [0.15, 0.2) is 0 Å². The number of carbonyl (C=O) groups is 1. The molecule has 3 nitrogen and oxygen atoms in total. The fourth-order valence-corrected chi connectivity index (χ4v) is 3.06. The van der Waals surface area contributed by atoms with Gasteiger partial charge in [-0.3, -0.25) is 4.79 Å². The van der Waals surface area contributed by atoms with Gasteiger partial charge in [0.1, 0.15) is 0 Å². The lowest BCUT2D eigenvalue weighted by Crippen LogP contribution is -2.30. The largest absolute Gasteiger partial charge is 0.380 e. The topological polar surface area (TPSA) is 38.3 Å². The molecule has 114 valence electrons. The Morgan fingerprint density at radius 1 is 1.18 bits per heavy atom. The molecule has 1 aliphatic rings. The molecule has 0 unspecified atom stereocenters. The van der Waals surface area contributed by atoms with Gasteiger partial charge in [0.05, 0.1) is 12.6 Å². The van der Waals surface area contributed by atoms with Crippen molar-refractivity contribution in [3.63, 3.8) is 0 Å². The molecule has 0 radical (unpaired) electrons. The number of hydrogen-bond donors (Lipinski definition) is 1. The lowest BCUT2D eigenvalue weighted by atomic mass is 9.87. The molecule has 3 heteroatoms. The van der Waals surface area contributed by atoms with Crippen molar-refractivity contribution in [3.8, 4) is 0 Å². The highest BCUT2D eigenvalue weighted by atomic mass is 16.5. The fourth-order valence-electron chi connectivity index (χ4n) is 3.06. The van der Waals surface area contributed by atoms with Crippen molar-refractivity contribution in [2.24, 2.45) is 0 Å². The average molecular weight is 295 g/mol. The SMILES string of the molecule is COCc1ccc(C(=O)N[C@H]2CCCc3ccccc32)cc1. The van der Waals surface area contributed by atoms with Crippen LogP contribution in [0.2, 0.25) is 0 Å². The zero-order valence-corrected chi connectivity index (χ0v) is 12.8. The molecule has 0 heterocycles. The van der Waals surface area contributed by atoms with Crippen molar-refractivity contribution >= 4 is 5.91 Å². The molecule has 2 aromatic rings. The highest BCUT2D eigenvalue weighted by Crippen LogP contribution is 2.29. The van der Waals surface area contributed by atoms with E-state index < -0.39 is 0 Å². The molecule has 1 amide bonds. The number of methoxy groups -OCH3 is 1. The third-order valence-electron chi connectivity index (χ3n) is 4.20. The molecule has 0 aromatic heterocycles. The molecule has 22 heavy (non-hydrogen) atoms. The van der Waals surface area contributed by atoms with Gasteiger partial charge < -0.3 is 10.1 Å². The molecule has 1 aliphatic carbocycles. The van der Waals surface area contributed by atoms with E-state index in [4.69, 9.17) is 4.74 Å². The summed E-state index contributed by atoms with van der Waals surface area (Å²) in [6.45, 7) is 0.567. The number of hydrogen-bond acceptors (Lipinski definition) is 2. The van der Waals surface area contributed by atoms with Crippen LogP contribution < -0.4 is 5.32 Å². The van der Waals surface area contributed by atoms with Crippen molar-refractivity contribution in [3.05, 3.63) is 70.8 Å². The Bertz CT molecular complexity index is 649. The van der Waals surface area contributed by atoms with Crippen molar-refractivity contribution in [2.45, 2.75) is 31.9 Å². The molecule has 0 fully saturated rings. The van der Waals surface area contributed by atoms with Gasteiger partial charge in [-0.25, -0.2) is 0 Å². The molecule has 0 spiro atoms. The van der Waals surface area contributed by atoms with E-state index in [-0.39, 0.29) is 11.9 Å². The van der Waals surface area contributed by atoms with Gasteiger partial charge in [0.25, 0.3) is 5.91 Å². The quantitative estimate of drug-likeness (QED) is 0.935. The zero-order valence-electron chi connectivity index (χ0n) is 12.8. The predicted molar refractivity (Wildman–Crippen MR) is 86.7 cm³/mol. The molecular weight excluding hydrogens is 274 g/mol. The number of aryl methyl sites for hydroxylation is 1. The van der Waals surface area contributed by atoms with E-state index in [1.165, 1.54) is 11.1 Å². The summed E-state index contributed by atoms with van der Waals surface area (Å²) in [6.07, 6.45) is 3.23. The molecule has 1 atom stereocenters. The van der Waals surface area contributed by atoms with Gasteiger partial charge in [-0.1, -0.05) is 36.4 Å². The number of amides is 1. The normalized spacial score (nSPS) is 16.9. The second kappa shape index (κ2) is 6.75. The maximum atomic E-state index is 12.4. The van der Waals surface area contributed by atoms with E-state index in [1.807, 2.05) is 30.3 Å². The van der Waals surface area contributed by atoms with Gasteiger partial charge in [-0.05, 0) is 48.1 Å². The third-order valence-corrected chi connectivity index (χ3v) is 4.20. The van der Waals surface area contributed by atoms with Gasteiger partial charge in [0, 0.05) is 12.7 Å². The average Bonchev–Trinajstić information content (AvgIpc) is 2.56. The van der Waals surface area contributed by atoms with Crippen molar-refractivity contribution in [1.29, 1.82) is 0 Å². The monoisotopic (exact) mass is 295 g/mol. The molecule has 0 saturated heterocycles. The Labute approximate surface area is 131 Å². The number of ether oxygens (including phenoxy) is 1. The van der Waals surface area contributed by atoms with Crippen LogP contribution in [0.3, 0.4) is 0 Å². The van der Waals surface area contributed by atoms with Crippen LogP contribution in [0.5, 0.6) is 0 Å². The maximum absolute atomic E-state index is 12.4. The minimum atomic E-state index is -0.00864. The molecule has 2 aromatic carbocycles. The summed E-state index contributed by atoms with van der Waals surface area (Å²) >= 11 is 0. The standard InChI is InChI=1S/C19H21NO2/c1-22-13-14-9-11-16(12-10-14)19(21)20-18-8-4-6-15-5-2-3-7-17(15)18/h2-3,5,7,9-12,18H,4,6,8,13H2,1H3,(H,20,21)/t18-/m0/s1. The lowest BCUT2D eigenvalue weighted by molar-refractivity contribution is 0.0932. The summed E-state index contributed by atoms with van der Waals surface area (Å²) in [7, 11) is 1.67. The lowest BCUT2D eigenvalue weighted by Gasteiger charge is -2.26. The number of carbonyl (C=O) groups excluding carboxylic acids is 1. The van der Waals surface area contributed by atoms with Gasteiger partial charge >= 0.3 is 0 Å². The minimum absolute atomic E-state index is 0.00864. The highest BCUT2D eigenvalue weighted by molar-refractivity contribution is 5.94. The van der Waals surface area contributed by atoms with Crippen LogP contribution in [0, 0.1) is 0 Å². The van der Waals surface area contributed by atoms with Crippen LogP contribution in [-0.4, -0.2) is 13.0 Å². The van der Waals surface area contributed by atoms with Crippen molar-refractivity contribution in [2.75, 3.05) is 7.11 Å². The first-order chi connectivity index (χ1) is 10.8. The van der Waals surface area contributed by atoms with E-state index in [0.29, 0.717) is 12.2 Å². The van der Waals surface area contributed by atoms with Gasteiger partial charge in [0.2, 0.25) is 0 Å². The summed E-state index contributed by atoms with van der Waals surface area (Å²) in [4.78, 5) is 12.4. The molecule has 0 aliphatic heterocycles. The van der Waals surface area contributed by atoms with Crippen LogP contribution in [-0.2, 0) is 17.8 Å². The Kier molecular flexibility index (Phi) is 4.54. The first-order valence-corrected chi connectivity index (χ1v) is 7.74. The molecule has 0 bridgehead atoms. The molecule has 1 N–H and O–H groups in total. The second-order valence-corrected chi connectivity index (χ2v) is 5.75. The highest BCUT2D eigenvalue weighted by Gasteiger charge is 2.21. The third kappa shape index (κ3) is 3.20. The maximum Gasteiger partial charge on any atom is 0.251 e. The van der Waals surface area contributed by atoms with Gasteiger partial charge in [-0.15, -0.1) is 0 Å². The first-order valence-electron chi connectivity index (χ1n) is 7.74. The summed E-state index contributed by atoms with van der Waals surface area (Å²) < 4.78 is 5.09. The summed E-state index contributed by atoms with van der Waals surface area (Å²) in [5.41, 5.74) is 4.39. The van der Waals surface area contributed by atoms with E-state index in [9.17, 15) is 4.79 Å². The van der Waals surface area contributed by atoms with Crippen molar-refractivity contribution in [1.82, 2.24) is 5.32 Å². The Hall–Kier alpha value is -2.13. The van der Waals surface area contributed by atoms with E-state index >= 15 is 0 Å². The number of benzene rings is 2. The first kappa shape index (κ1) is 14.8. The van der Waals surface area contributed by atoms with E-state index in [0.717, 1.165) is 24.8 Å². The van der Waals surface area contributed by atoms with E-state index in [1.54, 1.807) is 7.11 Å². The number of rotatable bonds is 4. The summed E-state index contributed by atoms with van der Waals surface area (Å²) in [6, 6.07) is 16.1. The van der Waals surface area contributed by atoms with Crippen LogP contribution in [0.25, 0.3) is 0 Å². The van der Waals surface area contributed by atoms with Crippen LogP contribution in [0.15, 0.2) is 48.5 Å². The van der Waals surface area contributed by atoms with Crippen LogP contribution in [0.4, 0.5) is 0 Å². The van der Waals surface area contributed by atoms with Crippen LogP contribution in [0.1, 0.15) is 45.9 Å². The summed E-state index contributed by atoms with van der Waals surface area (Å²) in [5, 5.41) is 3.17.